The van der Waals surface area contributed by atoms with Crippen LogP contribution in [0.3, 0.4) is 0 Å². The van der Waals surface area contributed by atoms with Crippen molar-refractivity contribution in [2.45, 2.75) is 32.7 Å². The van der Waals surface area contributed by atoms with Crippen LogP contribution in [0, 0.1) is 0 Å². The molecule has 154 valence electrons. The summed E-state index contributed by atoms with van der Waals surface area (Å²) in [6, 6.07) is 18.4. The molecule has 1 N–H and O–H groups in total. The van der Waals surface area contributed by atoms with Gasteiger partial charge in [0.15, 0.2) is 0 Å². The average Bonchev–Trinajstić information content (AvgIpc) is 3.12. The summed E-state index contributed by atoms with van der Waals surface area (Å²) >= 11 is 0. The number of benzene rings is 2. The molecule has 0 aliphatic heterocycles. The molecule has 0 spiro atoms. The van der Waals surface area contributed by atoms with Gasteiger partial charge in [0.25, 0.3) is 5.91 Å². The molecule has 29 heavy (non-hydrogen) atoms. The Labute approximate surface area is 172 Å². The van der Waals surface area contributed by atoms with Gasteiger partial charge >= 0.3 is 0 Å². The van der Waals surface area contributed by atoms with E-state index in [4.69, 9.17) is 9.47 Å². The monoisotopic (exact) mass is 394 g/mol. The number of ether oxygens (including phenoxy) is 2. The van der Waals surface area contributed by atoms with Gasteiger partial charge in [-0.05, 0) is 49.9 Å². The number of carbonyl (C=O) groups is 1. The van der Waals surface area contributed by atoms with Gasteiger partial charge in [0, 0.05) is 32.2 Å². The van der Waals surface area contributed by atoms with Gasteiger partial charge in [0.05, 0.1) is 12.1 Å². The molecule has 5 nitrogen and oxygen atoms in total. The van der Waals surface area contributed by atoms with Crippen molar-refractivity contribution in [3.63, 3.8) is 0 Å². The molecule has 1 amide bonds. The van der Waals surface area contributed by atoms with E-state index in [1.165, 1.54) is 5.56 Å². The number of nitrogens with zero attached hydrogens (tertiary/aromatic N) is 1. The standard InChI is InChI=1S/C24H30N2O3/c1-3-29-23-14-7-13-21-20(23)18-22(24(27)25-15-9-17-28-2)26(21)16-8-12-19-10-5-4-6-11-19/h4-7,10-11,13-14,18H,3,8-9,12,15-17H2,1-2H3,(H,25,27). The van der Waals surface area contributed by atoms with Gasteiger partial charge in [-0.25, -0.2) is 0 Å². The third kappa shape index (κ3) is 5.39. The van der Waals surface area contributed by atoms with Crippen LogP contribution in [0.1, 0.15) is 35.8 Å². The van der Waals surface area contributed by atoms with Crippen molar-refractivity contribution in [1.82, 2.24) is 9.88 Å². The first-order chi connectivity index (χ1) is 14.2. The van der Waals surface area contributed by atoms with E-state index in [1.807, 2.05) is 31.2 Å². The van der Waals surface area contributed by atoms with Crippen LogP contribution in [0.2, 0.25) is 0 Å². The van der Waals surface area contributed by atoms with E-state index < -0.39 is 0 Å². The molecule has 0 bridgehead atoms. The Bertz CT molecular complexity index is 919. The fourth-order valence-corrected chi connectivity index (χ4v) is 3.56. The zero-order valence-electron chi connectivity index (χ0n) is 17.3. The van der Waals surface area contributed by atoms with Gasteiger partial charge in [0.1, 0.15) is 11.4 Å². The number of nitrogens with one attached hydrogen (secondary N) is 1. The molecule has 5 heteroatoms. The fourth-order valence-electron chi connectivity index (χ4n) is 3.56. The zero-order chi connectivity index (χ0) is 20.5. The average molecular weight is 395 g/mol. The maximum atomic E-state index is 12.9. The van der Waals surface area contributed by atoms with Gasteiger partial charge in [-0.1, -0.05) is 36.4 Å². The molecule has 0 saturated heterocycles. The van der Waals surface area contributed by atoms with Gasteiger partial charge in [0.2, 0.25) is 0 Å². The third-order valence-electron chi connectivity index (χ3n) is 4.94. The van der Waals surface area contributed by atoms with E-state index in [0.717, 1.165) is 42.5 Å². The van der Waals surface area contributed by atoms with Crippen LogP contribution in [0.5, 0.6) is 5.75 Å². The van der Waals surface area contributed by atoms with Gasteiger partial charge in [-0.2, -0.15) is 0 Å². The Kier molecular flexibility index (Phi) is 7.70. The van der Waals surface area contributed by atoms with Crippen molar-refractivity contribution in [3.8, 4) is 5.75 Å². The molecule has 1 aromatic heterocycles. The van der Waals surface area contributed by atoms with E-state index in [0.29, 0.717) is 25.5 Å². The van der Waals surface area contributed by atoms with E-state index in [2.05, 4.69) is 40.2 Å². The smallest absolute Gasteiger partial charge is 0.267 e. The lowest BCUT2D eigenvalue weighted by Gasteiger charge is -2.12. The summed E-state index contributed by atoms with van der Waals surface area (Å²) < 4.78 is 13.0. The highest BCUT2D eigenvalue weighted by Gasteiger charge is 2.17. The quantitative estimate of drug-likeness (QED) is 0.489. The molecule has 1 heterocycles. The predicted molar refractivity (Wildman–Crippen MR) is 117 cm³/mol. The summed E-state index contributed by atoms with van der Waals surface area (Å²) in [7, 11) is 1.67. The SMILES string of the molecule is CCOc1cccc2c1cc(C(=O)NCCCOC)n2CCCc1ccccc1. The van der Waals surface area contributed by atoms with E-state index in [1.54, 1.807) is 7.11 Å². The number of fused-ring (bicyclic) bond motifs is 1. The summed E-state index contributed by atoms with van der Waals surface area (Å²) in [6.07, 6.45) is 2.72. The minimum Gasteiger partial charge on any atom is -0.493 e. The van der Waals surface area contributed by atoms with E-state index >= 15 is 0 Å². The maximum Gasteiger partial charge on any atom is 0.267 e. The van der Waals surface area contributed by atoms with Crippen LogP contribution < -0.4 is 10.1 Å². The molecule has 0 atom stereocenters. The first kappa shape index (κ1) is 20.9. The predicted octanol–water partition coefficient (Wildman–Crippen LogP) is 4.44. The number of methoxy groups -OCH3 is 1. The number of aryl methyl sites for hydroxylation is 2. The Morgan fingerprint density at radius 3 is 2.66 bits per heavy atom. The fraction of sp³-hybridized carbons (Fsp3) is 0.375. The molecule has 2 aromatic carbocycles. The molecule has 0 aliphatic rings. The molecule has 0 aliphatic carbocycles. The summed E-state index contributed by atoms with van der Waals surface area (Å²) in [5.74, 6) is 0.764. The molecular weight excluding hydrogens is 364 g/mol. The van der Waals surface area contributed by atoms with E-state index in [9.17, 15) is 4.79 Å². The second kappa shape index (κ2) is 10.7. The van der Waals surface area contributed by atoms with Gasteiger partial charge in [-0.3, -0.25) is 4.79 Å². The number of amides is 1. The first-order valence-electron chi connectivity index (χ1n) is 10.3. The Hall–Kier alpha value is -2.79. The van der Waals surface area contributed by atoms with Crippen LogP contribution in [0.15, 0.2) is 54.6 Å². The number of hydrogen-bond donors (Lipinski definition) is 1. The largest absolute Gasteiger partial charge is 0.493 e. The Morgan fingerprint density at radius 2 is 1.90 bits per heavy atom. The topological polar surface area (TPSA) is 52.5 Å². The van der Waals surface area contributed by atoms with E-state index in [-0.39, 0.29) is 5.91 Å². The van der Waals surface area contributed by atoms with Crippen LogP contribution in [0.4, 0.5) is 0 Å². The van der Waals surface area contributed by atoms with Crippen molar-refractivity contribution < 1.29 is 14.3 Å². The maximum absolute atomic E-state index is 12.9. The summed E-state index contributed by atoms with van der Waals surface area (Å²) in [5, 5.41) is 4.00. The van der Waals surface area contributed by atoms with Crippen LogP contribution in [-0.2, 0) is 17.7 Å². The van der Waals surface area contributed by atoms with Crippen molar-refractivity contribution >= 4 is 16.8 Å². The van der Waals surface area contributed by atoms with Crippen LogP contribution in [0.25, 0.3) is 10.9 Å². The summed E-state index contributed by atoms with van der Waals surface area (Å²) in [5.41, 5.74) is 3.02. The van der Waals surface area contributed by atoms with Crippen molar-refractivity contribution in [2.24, 2.45) is 0 Å². The van der Waals surface area contributed by atoms with Gasteiger partial charge < -0.3 is 19.4 Å². The van der Waals surface area contributed by atoms with Crippen molar-refractivity contribution in [1.29, 1.82) is 0 Å². The second-order valence-electron chi connectivity index (χ2n) is 6.99. The third-order valence-corrected chi connectivity index (χ3v) is 4.94. The van der Waals surface area contributed by atoms with Gasteiger partial charge in [-0.15, -0.1) is 0 Å². The van der Waals surface area contributed by atoms with Crippen LogP contribution in [-0.4, -0.2) is 37.3 Å². The van der Waals surface area contributed by atoms with Crippen LogP contribution >= 0.6 is 0 Å². The van der Waals surface area contributed by atoms with Crippen molar-refractivity contribution in [3.05, 3.63) is 65.9 Å². The molecule has 0 fully saturated rings. The lowest BCUT2D eigenvalue weighted by atomic mass is 10.1. The minimum atomic E-state index is -0.0561. The highest BCUT2D eigenvalue weighted by Crippen LogP contribution is 2.29. The minimum absolute atomic E-state index is 0.0561. The molecule has 3 aromatic rings. The molecule has 0 unspecified atom stereocenters. The lowest BCUT2D eigenvalue weighted by Crippen LogP contribution is -2.27. The number of hydrogen-bond acceptors (Lipinski definition) is 3. The molecule has 3 rings (SSSR count). The molecule has 0 saturated carbocycles. The normalized spacial score (nSPS) is 11.0. The summed E-state index contributed by atoms with van der Waals surface area (Å²) in [4.78, 5) is 12.9. The highest BCUT2D eigenvalue weighted by molar-refractivity contribution is 6.00. The first-order valence-corrected chi connectivity index (χ1v) is 10.3. The Balaban J connectivity index is 1.83. The summed E-state index contributed by atoms with van der Waals surface area (Å²) in [6.45, 7) is 4.57. The zero-order valence-corrected chi connectivity index (χ0v) is 17.3. The lowest BCUT2D eigenvalue weighted by molar-refractivity contribution is 0.0939. The number of rotatable bonds is 11. The number of carbonyl (C=O) groups excluding carboxylic acids is 1. The molecular formula is C24H30N2O3. The Morgan fingerprint density at radius 1 is 1.07 bits per heavy atom. The van der Waals surface area contributed by atoms with Crippen molar-refractivity contribution in [2.75, 3.05) is 26.9 Å². The number of aromatic nitrogens is 1. The highest BCUT2D eigenvalue weighted by atomic mass is 16.5. The molecule has 0 radical (unpaired) electrons. The second-order valence-corrected chi connectivity index (χ2v) is 6.99.